The molecule has 3 fully saturated rings. The van der Waals surface area contributed by atoms with E-state index in [1.54, 1.807) is 24.3 Å². The van der Waals surface area contributed by atoms with Gasteiger partial charge < -0.3 is 14.4 Å². The fraction of sp³-hybridized carbons (Fsp3) is 0.684. The number of nitrogens with zero attached hydrogens (tertiary/aromatic N) is 1. The molecule has 0 amide bonds. The lowest BCUT2D eigenvalue weighted by atomic mass is 9.82. The number of sulfonamides is 1. The van der Waals surface area contributed by atoms with Crippen molar-refractivity contribution in [2.24, 2.45) is 17.8 Å². The van der Waals surface area contributed by atoms with Gasteiger partial charge in [-0.05, 0) is 30.9 Å². The molecular formula is C19H28N2O4S. The fourth-order valence-electron chi connectivity index (χ4n) is 4.52. The number of ether oxygens (including phenoxy) is 2. The van der Waals surface area contributed by atoms with Crippen LogP contribution >= 0.6 is 0 Å². The summed E-state index contributed by atoms with van der Waals surface area (Å²) in [7, 11) is -3.49. The summed E-state index contributed by atoms with van der Waals surface area (Å²) in [5.41, 5.74) is 0. The van der Waals surface area contributed by atoms with Crippen molar-refractivity contribution >= 4 is 10.0 Å². The van der Waals surface area contributed by atoms with Gasteiger partial charge in [-0.15, -0.1) is 0 Å². The third kappa shape index (κ3) is 4.12. The number of fused-ring (bicyclic) bond motifs is 2. The average molecular weight is 381 g/mol. The SMILES string of the molecule is O=S(=O)(NC1C2COCC1CN(CC1CCOCC1)C2)c1ccccc1. The largest absolute Gasteiger partial charge is 0.381 e. The van der Waals surface area contributed by atoms with Crippen LogP contribution in [0.2, 0.25) is 0 Å². The van der Waals surface area contributed by atoms with Gasteiger partial charge in [-0.3, -0.25) is 0 Å². The average Bonchev–Trinajstić information content (AvgIpc) is 2.64. The van der Waals surface area contributed by atoms with Gasteiger partial charge in [0.1, 0.15) is 0 Å². The number of piperidine rings is 1. The summed E-state index contributed by atoms with van der Waals surface area (Å²) >= 11 is 0. The van der Waals surface area contributed by atoms with Gasteiger partial charge in [0.2, 0.25) is 10.0 Å². The van der Waals surface area contributed by atoms with Gasteiger partial charge in [0.05, 0.1) is 18.1 Å². The lowest BCUT2D eigenvalue weighted by Crippen LogP contribution is -2.61. The van der Waals surface area contributed by atoms with Crippen LogP contribution in [0, 0.1) is 17.8 Å². The van der Waals surface area contributed by atoms with Crippen molar-refractivity contribution in [3.05, 3.63) is 30.3 Å². The fourth-order valence-corrected chi connectivity index (χ4v) is 5.91. The molecule has 0 saturated carbocycles. The van der Waals surface area contributed by atoms with Crippen molar-refractivity contribution in [1.29, 1.82) is 0 Å². The van der Waals surface area contributed by atoms with Crippen molar-refractivity contribution in [1.82, 2.24) is 9.62 Å². The Morgan fingerprint density at radius 2 is 1.65 bits per heavy atom. The maximum Gasteiger partial charge on any atom is 0.240 e. The van der Waals surface area contributed by atoms with Crippen molar-refractivity contribution < 1.29 is 17.9 Å². The summed E-state index contributed by atoms with van der Waals surface area (Å²) in [6.07, 6.45) is 2.26. The molecule has 0 aromatic heterocycles. The molecule has 1 aromatic carbocycles. The Hall–Kier alpha value is -0.990. The molecular weight excluding hydrogens is 352 g/mol. The lowest BCUT2D eigenvalue weighted by Gasteiger charge is -2.48. The number of hydrogen-bond donors (Lipinski definition) is 1. The molecule has 3 saturated heterocycles. The number of hydrogen-bond acceptors (Lipinski definition) is 5. The summed E-state index contributed by atoms with van der Waals surface area (Å²) in [4.78, 5) is 2.85. The minimum Gasteiger partial charge on any atom is -0.381 e. The highest BCUT2D eigenvalue weighted by atomic mass is 32.2. The first-order valence-corrected chi connectivity index (χ1v) is 11.1. The Kier molecular flexibility index (Phi) is 5.61. The third-order valence-corrected chi connectivity index (χ3v) is 7.34. The van der Waals surface area contributed by atoms with Crippen molar-refractivity contribution in [2.45, 2.75) is 23.8 Å². The Bertz CT molecular complexity index is 677. The molecule has 1 N–H and O–H groups in total. The monoisotopic (exact) mass is 380 g/mol. The zero-order chi connectivity index (χ0) is 18.0. The second-order valence-electron chi connectivity index (χ2n) is 7.79. The van der Waals surface area contributed by atoms with Crippen LogP contribution in [-0.4, -0.2) is 65.4 Å². The molecule has 144 valence electrons. The molecule has 6 nitrogen and oxygen atoms in total. The Labute approximate surface area is 155 Å². The van der Waals surface area contributed by atoms with E-state index in [9.17, 15) is 8.42 Å². The van der Waals surface area contributed by atoms with Crippen molar-refractivity contribution in [3.8, 4) is 0 Å². The molecule has 2 bridgehead atoms. The van der Waals surface area contributed by atoms with E-state index in [1.807, 2.05) is 6.07 Å². The highest BCUT2D eigenvalue weighted by molar-refractivity contribution is 7.89. The number of benzene rings is 1. The van der Waals surface area contributed by atoms with Crippen LogP contribution in [0.3, 0.4) is 0 Å². The zero-order valence-electron chi connectivity index (χ0n) is 15.0. The van der Waals surface area contributed by atoms with Gasteiger partial charge in [-0.2, -0.15) is 0 Å². The Morgan fingerprint density at radius 1 is 1.00 bits per heavy atom. The number of nitrogens with one attached hydrogen (secondary N) is 1. The normalized spacial score (nSPS) is 31.0. The molecule has 4 rings (SSSR count). The predicted molar refractivity (Wildman–Crippen MR) is 98.3 cm³/mol. The molecule has 3 aliphatic heterocycles. The second-order valence-corrected chi connectivity index (χ2v) is 9.51. The van der Waals surface area contributed by atoms with Crippen LogP contribution in [0.15, 0.2) is 35.2 Å². The first-order chi connectivity index (χ1) is 12.6. The van der Waals surface area contributed by atoms with Crippen LogP contribution in [0.1, 0.15) is 12.8 Å². The van der Waals surface area contributed by atoms with Crippen molar-refractivity contribution in [2.75, 3.05) is 46.1 Å². The zero-order valence-corrected chi connectivity index (χ0v) is 15.9. The smallest absolute Gasteiger partial charge is 0.240 e. The quantitative estimate of drug-likeness (QED) is 0.835. The van der Waals surface area contributed by atoms with Gasteiger partial charge in [0.25, 0.3) is 0 Å². The van der Waals surface area contributed by atoms with Gasteiger partial charge >= 0.3 is 0 Å². The third-order valence-electron chi connectivity index (χ3n) is 5.87. The van der Waals surface area contributed by atoms with E-state index < -0.39 is 10.0 Å². The number of rotatable bonds is 5. The van der Waals surface area contributed by atoms with Crippen LogP contribution < -0.4 is 4.72 Å². The first-order valence-electron chi connectivity index (χ1n) is 9.57. The van der Waals surface area contributed by atoms with Crippen LogP contribution in [0.5, 0.6) is 0 Å². The molecule has 1 aromatic rings. The van der Waals surface area contributed by atoms with Crippen LogP contribution in [-0.2, 0) is 19.5 Å². The molecule has 2 unspecified atom stereocenters. The Balaban J connectivity index is 1.42. The minimum atomic E-state index is -3.49. The minimum absolute atomic E-state index is 0.0418. The summed E-state index contributed by atoms with van der Waals surface area (Å²) in [6, 6.07) is 8.60. The molecule has 2 atom stereocenters. The molecule has 3 aliphatic rings. The van der Waals surface area contributed by atoms with Crippen LogP contribution in [0.25, 0.3) is 0 Å². The predicted octanol–water partition coefficient (Wildman–Crippen LogP) is 1.34. The molecule has 0 aliphatic carbocycles. The van der Waals surface area contributed by atoms with E-state index >= 15 is 0 Å². The maximum atomic E-state index is 12.8. The maximum absolute atomic E-state index is 12.8. The molecule has 0 spiro atoms. The standard InChI is InChI=1S/C19H28N2O4S/c22-26(23,18-4-2-1-3-5-18)20-19-16-11-21(12-17(19)14-25-13-16)10-15-6-8-24-9-7-15/h1-5,15-17,19-20H,6-14H2. The lowest BCUT2D eigenvalue weighted by molar-refractivity contribution is -0.0652. The topological polar surface area (TPSA) is 67.9 Å². The number of likely N-dealkylation sites (tertiary alicyclic amines) is 1. The van der Waals surface area contributed by atoms with E-state index in [2.05, 4.69) is 9.62 Å². The van der Waals surface area contributed by atoms with E-state index in [0.29, 0.717) is 24.0 Å². The first kappa shape index (κ1) is 18.4. The van der Waals surface area contributed by atoms with Gasteiger partial charge in [-0.1, -0.05) is 18.2 Å². The van der Waals surface area contributed by atoms with Gasteiger partial charge in [0.15, 0.2) is 0 Å². The summed E-state index contributed by atoms with van der Waals surface area (Å²) < 4.78 is 39.7. The highest BCUT2D eigenvalue weighted by Crippen LogP contribution is 2.30. The van der Waals surface area contributed by atoms with Crippen molar-refractivity contribution in [3.63, 3.8) is 0 Å². The summed E-state index contributed by atoms with van der Waals surface area (Å²) in [5.74, 6) is 1.12. The van der Waals surface area contributed by atoms with E-state index in [0.717, 1.165) is 45.7 Å². The molecule has 26 heavy (non-hydrogen) atoms. The van der Waals surface area contributed by atoms with E-state index in [4.69, 9.17) is 9.47 Å². The van der Waals surface area contributed by atoms with Gasteiger partial charge in [-0.25, -0.2) is 13.1 Å². The molecule has 3 heterocycles. The van der Waals surface area contributed by atoms with E-state index in [-0.39, 0.29) is 17.9 Å². The second kappa shape index (κ2) is 7.94. The molecule has 7 heteroatoms. The Morgan fingerprint density at radius 3 is 2.31 bits per heavy atom. The van der Waals surface area contributed by atoms with Gasteiger partial charge in [0, 0.05) is 50.7 Å². The highest BCUT2D eigenvalue weighted by Gasteiger charge is 2.42. The van der Waals surface area contributed by atoms with E-state index in [1.165, 1.54) is 0 Å². The van der Waals surface area contributed by atoms with Crippen LogP contribution in [0.4, 0.5) is 0 Å². The molecule has 0 radical (unpaired) electrons. The summed E-state index contributed by atoms with van der Waals surface area (Å²) in [5, 5.41) is 0. The summed E-state index contributed by atoms with van der Waals surface area (Å²) in [6.45, 7) is 5.88.